The van der Waals surface area contributed by atoms with Crippen LogP contribution in [0.15, 0.2) is 53.4 Å². The summed E-state index contributed by atoms with van der Waals surface area (Å²) < 4.78 is 36.6. The molecule has 1 atom stereocenters. The third kappa shape index (κ3) is 4.67. The lowest BCUT2D eigenvalue weighted by Gasteiger charge is -2.37. The Bertz CT molecular complexity index is 1220. The SMILES string of the molecule is O=C(C1CCCN(S(=O)(=O)c2cccc3nsnc23)C1)N1CCC(Cc2ccccc2)CC1. The van der Waals surface area contributed by atoms with Gasteiger partial charge in [0.2, 0.25) is 15.9 Å². The molecule has 2 aliphatic heterocycles. The zero-order valence-electron chi connectivity index (χ0n) is 18.5. The van der Waals surface area contributed by atoms with E-state index in [9.17, 15) is 13.2 Å². The van der Waals surface area contributed by atoms with Gasteiger partial charge in [0.1, 0.15) is 15.9 Å². The molecule has 3 aromatic rings. The molecule has 2 aromatic carbocycles. The predicted molar refractivity (Wildman–Crippen MR) is 128 cm³/mol. The fourth-order valence-corrected chi connectivity index (χ4v) is 7.33. The average Bonchev–Trinajstić information content (AvgIpc) is 3.34. The molecule has 9 heteroatoms. The van der Waals surface area contributed by atoms with Crippen molar-refractivity contribution in [3.05, 3.63) is 54.1 Å². The summed E-state index contributed by atoms with van der Waals surface area (Å²) in [5, 5.41) is 0. The molecule has 33 heavy (non-hydrogen) atoms. The molecule has 0 radical (unpaired) electrons. The van der Waals surface area contributed by atoms with E-state index in [0.29, 0.717) is 29.9 Å². The molecule has 174 valence electrons. The van der Waals surface area contributed by atoms with Crippen molar-refractivity contribution in [2.24, 2.45) is 11.8 Å². The molecule has 2 aliphatic rings. The summed E-state index contributed by atoms with van der Waals surface area (Å²) in [4.78, 5) is 15.4. The van der Waals surface area contributed by atoms with Crippen molar-refractivity contribution in [3.8, 4) is 0 Å². The molecule has 7 nitrogen and oxygen atoms in total. The van der Waals surface area contributed by atoms with E-state index in [0.717, 1.165) is 50.5 Å². The third-order valence-corrected chi connectivity index (χ3v) is 9.33. The zero-order valence-corrected chi connectivity index (χ0v) is 20.1. The number of piperidine rings is 2. The summed E-state index contributed by atoms with van der Waals surface area (Å²) in [5.41, 5.74) is 2.35. The first kappa shape index (κ1) is 22.4. The summed E-state index contributed by atoms with van der Waals surface area (Å²) >= 11 is 1.01. The second kappa shape index (κ2) is 9.48. The van der Waals surface area contributed by atoms with Crippen molar-refractivity contribution >= 4 is 38.7 Å². The van der Waals surface area contributed by atoms with E-state index >= 15 is 0 Å². The number of sulfonamides is 1. The molecule has 1 amide bonds. The van der Waals surface area contributed by atoms with Crippen LogP contribution < -0.4 is 0 Å². The second-order valence-corrected chi connectivity index (χ2v) is 11.5. The molecule has 0 saturated carbocycles. The molecule has 0 spiro atoms. The molecule has 0 aliphatic carbocycles. The van der Waals surface area contributed by atoms with Crippen molar-refractivity contribution in [2.75, 3.05) is 26.2 Å². The molecule has 1 unspecified atom stereocenters. The van der Waals surface area contributed by atoms with Gasteiger partial charge in [-0.2, -0.15) is 13.1 Å². The van der Waals surface area contributed by atoms with Crippen molar-refractivity contribution < 1.29 is 13.2 Å². The number of aromatic nitrogens is 2. The van der Waals surface area contributed by atoms with Crippen molar-refractivity contribution in [1.82, 2.24) is 18.0 Å². The summed E-state index contributed by atoms with van der Waals surface area (Å²) in [7, 11) is -3.73. The Labute approximate surface area is 198 Å². The molecule has 3 heterocycles. The quantitative estimate of drug-likeness (QED) is 0.553. The summed E-state index contributed by atoms with van der Waals surface area (Å²) in [6, 6.07) is 15.6. The van der Waals surface area contributed by atoms with E-state index in [-0.39, 0.29) is 23.3 Å². The van der Waals surface area contributed by atoms with Gasteiger partial charge in [0.05, 0.1) is 17.6 Å². The lowest BCUT2D eigenvalue weighted by molar-refractivity contribution is -0.138. The minimum absolute atomic E-state index is 0.0987. The second-order valence-electron chi connectivity index (χ2n) is 9.05. The smallest absolute Gasteiger partial charge is 0.245 e. The van der Waals surface area contributed by atoms with Crippen molar-refractivity contribution in [3.63, 3.8) is 0 Å². The predicted octanol–water partition coefficient (Wildman–Crippen LogP) is 3.57. The molecule has 5 rings (SSSR count). The Morgan fingerprint density at radius 3 is 2.55 bits per heavy atom. The van der Waals surface area contributed by atoms with Crippen molar-refractivity contribution in [1.29, 1.82) is 0 Å². The number of fused-ring (bicyclic) bond motifs is 1. The highest BCUT2D eigenvalue weighted by Crippen LogP contribution is 2.30. The van der Waals surface area contributed by atoms with Gasteiger partial charge in [-0.1, -0.05) is 36.4 Å². The molecular formula is C24H28N4O3S2. The van der Waals surface area contributed by atoms with Gasteiger partial charge in [0, 0.05) is 26.2 Å². The maximum atomic E-state index is 13.4. The highest BCUT2D eigenvalue weighted by atomic mass is 32.2. The number of nitrogens with zero attached hydrogens (tertiary/aromatic N) is 4. The van der Waals surface area contributed by atoms with Gasteiger partial charge in [0.15, 0.2) is 0 Å². The van der Waals surface area contributed by atoms with Gasteiger partial charge < -0.3 is 4.90 Å². The first-order chi connectivity index (χ1) is 16.0. The maximum absolute atomic E-state index is 13.4. The molecule has 0 N–H and O–H groups in total. The number of amides is 1. The Morgan fingerprint density at radius 2 is 1.76 bits per heavy atom. The van der Waals surface area contributed by atoms with E-state index in [1.807, 2.05) is 11.0 Å². The summed E-state index contributed by atoms with van der Waals surface area (Å²) in [5.74, 6) is 0.403. The molecule has 2 fully saturated rings. The van der Waals surface area contributed by atoms with E-state index < -0.39 is 10.0 Å². The van der Waals surface area contributed by atoms with E-state index in [2.05, 4.69) is 33.0 Å². The number of benzene rings is 2. The van der Waals surface area contributed by atoms with Gasteiger partial charge >= 0.3 is 0 Å². The first-order valence-electron chi connectivity index (χ1n) is 11.6. The van der Waals surface area contributed by atoms with Crippen LogP contribution in [0.5, 0.6) is 0 Å². The topological polar surface area (TPSA) is 83.5 Å². The number of carbonyl (C=O) groups is 1. The molecule has 2 saturated heterocycles. The Hall–Kier alpha value is -2.36. The number of hydrogen-bond donors (Lipinski definition) is 0. The van der Waals surface area contributed by atoms with Crippen LogP contribution in [0.25, 0.3) is 11.0 Å². The lowest BCUT2D eigenvalue weighted by atomic mass is 9.89. The minimum atomic E-state index is -3.73. The number of likely N-dealkylation sites (tertiary alicyclic amines) is 1. The largest absolute Gasteiger partial charge is 0.342 e. The lowest BCUT2D eigenvalue weighted by Crippen LogP contribution is -2.48. The fourth-order valence-electron chi connectivity index (χ4n) is 5.05. The number of hydrogen-bond acceptors (Lipinski definition) is 6. The number of carbonyl (C=O) groups excluding carboxylic acids is 1. The maximum Gasteiger partial charge on any atom is 0.245 e. The van der Waals surface area contributed by atoms with Crippen LogP contribution in [0, 0.1) is 11.8 Å². The third-order valence-electron chi connectivity index (χ3n) is 6.89. The van der Waals surface area contributed by atoms with Crippen LogP contribution >= 0.6 is 11.7 Å². The Kier molecular flexibility index (Phi) is 6.44. The van der Waals surface area contributed by atoms with Crippen LogP contribution in [-0.2, 0) is 21.2 Å². The molecular weight excluding hydrogens is 456 g/mol. The highest BCUT2D eigenvalue weighted by Gasteiger charge is 2.37. The Balaban J connectivity index is 1.23. The Morgan fingerprint density at radius 1 is 0.970 bits per heavy atom. The van der Waals surface area contributed by atoms with Crippen LogP contribution in [-0.4, -0.2) is 58.5 Å². The van der Waals surface area contributed by atoms with Gasteiger partial charge in [-0.15, -0.1) is 0 Å². The van der Waals surface area contributed by atoms with Gasteiger partial charge in [-0.3, -0.25) is 4.79 Å². The van der Waals surface area contributed by atoms with E-state index in [4.69, 9.17) is 0 Å². The van der Waals surface area contributed by atoms with Crippen LogP contribution in [0.4, 0.5) is 0 Å². The fraction of sp³-hybridized carbons (Fsp3) is 0.458. The highest BCUT2D eigenvalue weighted by molar-refractivity contribution is 7.89. The van der Waals surface area contributed by atoms with Crippen LogP contribution in [0.2, 0.25) is 0 Å². The van der Waals surface area contributed by atoms with Crippen LogP contribution in [0.1, 0.15) is 31.2 Å². The van der Waals surface area contributed by atoms with Crippen molar-refractivity contribution in [2.45, 2.75) is 37.0 Å². The molecule has 1 aromatic heterocycles. The first-order valence-corrected chi connectivity index (χ1v) is 13.7. The zero-order chi connectivity index (χ0) is 22.8. The summed E-state index contributed by atoms with van der Waals surface area (Å²) in [6.07, 6.45) is 4.46. The van der Waals surface area contributed by atoms with Gasteiger partial charge in [-0.05, 0) is 55.7 Å². The minimum Gasteiger partial charge on any atom is -0.342 e. The average molecular weight is 485 g/mol. The van der Waals surface area contributed by atoms with Crippen LogP contribution in [0.3, 0.4) is 0 Å². The van der Waals surface area contributed by atoms with E-state index in [1.165, 1.54) is 9.87 Å². The monoisotopic (exact) mass is 484 g/mol. The van der Waals surface area contributed by atoms with Gasteiger partial charge in [-0.25, -0.2) is 8.42 Å². The molecule has 0 bridgehead atoms. The summed E-state index contributed by atoms with van der Waals surface area (Å²) in [6.45, 7) is 2.17. The number of rotatable bonds is 5. The van der Waals surface area contributed by atoms with Gasteiger partial charge in [0.25, 0.3) is 0 Å². The standard InChI is InChI=1S/C24H28N4O3S2/c29-24(27-14-11-19(12-15-27)16-18-6-2-1-3-7-18)20-8-5-13-28(17-20)33(30,31)22-10-4-9-21-23(22)26-32-25-21/h1-4,6-7,9-10,19-20H,5,8,11-17H2. The van der Waals surface area contributed by atoms with E-state index in [1.54, 1.807) is 18.2 Å². The normalized spacial score (nSPS) is 20.8.